The van der Waals surface area contributed by atoms with Crippen molar-refractivity contribution in [3.8, 4) is 17.2 Å². The quantitative estimate of drug-likeness (QED) is 0.226. The number of para-hydroxylation sites is 2. The largest absolute Gasteiger partial charge is 0.491 e. The summed E-state index contributed by atoms with van der Waals surface area (Å²) in [6.45, 7) is 7.89. The smallest absolute Gasteiger partial charge is 0.241 e. The summed E-state index contributed by atoms with van der Waals surface area (Å²) in [5.74, 6) is 2.08. The van der Waals surface area contributed by atoms with Crippen molar-refractivity contribution in [3.63, 3.8) is 0 Å². The predicted octanol–water partition coefficient (Wildman–Crippen LogP) is 4.37. The van der Waals surface area contributed by atoms with Gasteiger partial charge in [0, 0.05) is 43.5 Å². The third-order valence-electron chi connectivity index (χ3n) is 9.35. The van der Waals surface area contributed by atoms with Gasteiger partial charge in [-0.05, 0) is 99.8 Å². The normalized spacial score (nSPS) is 20.1. The number of piperidine rings is 1. The Labute approximate surface area is 271 Å². The molecular weight excluding hydrogens is 602 g/mol. The van der Waals surface area contributed by atoms with E-state index < -0.39 is 10.0 Å². The number of rotatable bonds is 13. The standard InChI is InChI=1S/C35H43N5O5S/c1-5-43-31-8-6-7-9-32(31)44-15-14-40(4)24(2)16-25-10-11-33(34(17-25)46(36,41)42)45-23-35-20-26(21-39(3)22-35)27-18-29-30(19-28(27)35)38-13-12-37-29/h6-13,17-19,24,26H,5,14-16,20-23H2,1-4H3,(H2,36,41,42). The van der Waals surface area contributed by atoms with Gasteiger partial charge in [-0.15, -0.1) is 0 Å². The van der Waals surface area contributed by atoms with E-state index in [0.717, 1.165) is 47.6 Å². The number of likely N-dealkylation sites (tertiary alicyclic amines) is 1. The second kappa shape index (κ2) is 13.2. The van der Waals surface area contributed by atoms with Crippen LogP contribution < -0.4 is 19.3 Å². The summed E-state index contributed by atoms with van der Waals surface area (Å²) < 4.78 is 43.7. The van der Waals surface area contributed by atoms with Gasteiger partial charge in [0.05, 0.1) is 24.2 Å². The topological polar surface area (TPSA) is 120 Å². The Bertz CT molecular complexity index is 1820. The van der Waals surface area contributed by atoms with Gasteiger partial charge in [0.15, 0.2) is 11.5 Å². The summed E-state index contributed by atoms with van der Waals surface area (Å²) in [5, 5.41) is 5.75. The number of likely N-dealkylation sites (N-methyl/N-ethyl adjacent to an activating group) is 2. The molecule has 1 saturated heterocycles. The fraction of sp³-hybridized carbons (Fsp3) is 0.429. The first-order valence-electron chi connectivity index (χ1n) is 15.8. The summed E-state index contributed by atoms with van der Waals surface area (Å²) in [6, 6.07) is 17.4. The predicted molar refractivity (Wildman–Crippen MR) is 178 cm³/mol. The lowest BCUT2D eigenvalue weighted by molar-refractivity contribution is 0.119. The van der Waals surface area contributed by atoms with E-state index in [-0.39, 0.29) is 22.1 Å². The molecule has 0 saturated carbocycles. The Balaban J connectivity index is 1.15. The number of nitrogens with zero attached hydrogens (tertiary/aromatic N) is 4. The third kappa shape index (κ3) is 6.69. The summed E-state index contributed by atoms with van der Waals surface area (Å²) in [6.07, 6.45) is 4.99. The Hall–Kier alpha value is -3.77. The lowest BCUT2D eigenvalue weighted by Crippen LogP contribution is -2.46. The summed E-state index contributed by atoms with van der Waals surface area (Å²) in [5.41, 5.74) is 4.81. The van der Waals surface area contributed by atoms with Crippen LogP contribution in [-0.2, 0) is 21.9 Å². The molecule has 3 aromatic carbocycles. The van der Waals surface area contributed by atoms with Crippen LogP contribution in [0.1, 0.15) is 42.9 Å². The molecule has 1 fully saturated rings. The number of hydrogen-bond acceptors (Lipinski definition) is 9. The van der Waals surface area contributed by atoms with E-state index in [1.165, 1.54) is 11.1 Å². The minimum atomic E-state index is -4.03. The average molecular weight is 646 g/mol. The fourth-order valence-electron chi connectivity index (χ4n) is 7.07. The van der Waals surface area contributed by atoms with E-state index in [1.807, 2.05) is 44.3 Å². The van der Waals surface area contributed by atoms with Gasteiger partial charge in [0.2, 0.25) is 10.0 Å². The Morgan fingerprint density at radius 3 is 2.46 bits per heavy atom. The van der Waals surface area contributed by atoms with Crippen molar-refractivity contribution in [1.29, 1.82) is 0 Å². The van der Waals surface area contributed by atoms with E-state index in [0.29, 0.717) is 38.7 Å². The molecule has 10 nitrogen and oxygen atoms in total. The number of aromatic nitrogens is 2. The highest BCUT2D eigenvalue weighted by Gasteiger charge is 2.49. The highest BCUT2D eigenvalue weighted by Crippen LogP contribution is 2.51. The molecule has 2 heterocycles. The Kier molecular flexibility index (Phi) is 9.20. The molecule has 244 valence electrons. The van der Waals surface area contributed by atoms with Crippen molar-refractivity contribution in [2.24, 2.45) is 5.14 Å². The molecule has 4 aromatic rings. The molecule has 6 rings (SSSR count). The van der Waals surface area contributed by atoms with Crippen molar-refractivity contribution in [1.82, 2.24) is 19.8 Å². The molecule has 3 atom stereocenters. The van der Waals surface area contributed by atoms with Crippen molar-refractivity contribution in [2.75, 3.05) is 53.6 Å². The van der Waals surface area contributed by atoms with Gasteiger partial charge < -0.3 is 19.1 Å². The number of nitrogens with two attached hydrogens (primary N) is 1. The number of primary sulfonamides is 1. The van der Waals surface area contributed by atoms with E-state index in [4.69, 9.17) is 19.3 Å². The van der Waals surface area contributed by atoms with E-state index in [2.05, 4.69) is 45.9 Å². The van der Waals surface area contributed by atoms with Crippen LogP contribution in [-0.4, -0.2) is 87.8 Å². The van der Waals surface area contributed by atoms with Crippen LogP contribution >= 0.6 is 0 Å². The Morgan fingerprint density at radius 2 is 1.74 bits per heavy atom. The van der Waals surface area contributed by atoms with E-state index in [9.17, 15) is 8.42 Å². The van der Waals surface area contributed by atoms with Crippen molar-refractivity contribution in [2.45, 2.75) is 49.0 Å². The molecule has 0 radical (unpaired) electrons. The third-order valence-corrected chi connectivity index (χ3v) is 10.3. The minimum Gasteiger partial charge on any atom is -0.491 e. The van der Waals surface area contributed by atoms with Gasteiger partial charge in [-0.2, -0.15) is 0 Å². The van der Waals surface area contributed by atoms with Crippen LogP contribution in [0.5, 0.6) is 17.2 Å². The highest BCUT2D eigenvalue weighted by atomic mass is 32.2. The SMILES string of the molecule is CCOc1ccccc1OCCN(C)C(C)Cc1ccc(OCC23CC(CN(C)C2)c2cc4nccnc4cc23)c(S(N)(=O)=O)c1. The molecule has 2 aliphatic rings. The Morgan fingerprint density at radius 1 is 1.02 bits per heavy atom. The lowest BCUT2D eigenvalue weighted by Gasteiger charge is -2.39. The maximum atomic E-state index is 12.8. The first kappa shape index (κ1) is 32.2. The summed E-state index contributed by atoms with van der Waals surface area (Å²) >= 11 is 0. The van der Waals surface area contributed by atoms with Crippen molar-refractivity contribution < 1.29 is 22.6 Å². The van der Waals surface area contributed by atoms with Gasteiger partial charge in [-0.25, -0.2) is 13.6 Å². The summed E-state index contributed by atoms with van der Waals surface area (Å²) in [4.78, 5) is 13.6. The van der Waals surface area contributed by atoms with Gasteiger partial charge in [-0.1, -0.05) is 18.2 Å². The fourth-order valence-corrected chi connectivity index (χ4v) is 7.79. The molecule has 1 aromatic heterocycles. The van der Waals surface area contributed by atoms with Crippen LogP contribution in [0, 0.1) is 0 Å². The number of sulfonamides is 1. The molecule has 1 aliphatic heterocycles. The highest BCUT2D eigenvalue weighted by molar-refractivity contribution is 7.89. The number of fused-ring (bicyclic) bond motifs is 6. The monoisotopic (exact) mass is 645 g/mol. The van der Waals surface area contributed by atoms with Gasteiger partial charge in [0.1, 0.15) is 17.3 Å². The molecule has 46 heavy (non-hydrogen) atoms. The molecule has 2 bridgehead atoms. The zero-order chi connectivity index (χ0) is 32.5. The molecule has 11 heteroatoms. The van der Waals surface area contributed by atoms with Crippen molar-refractivity contribution in [3.05, 3.63) is 83.7 Å². The maximum Gasteiger partial charge on any atom is 0.241 e. The maximum absolute atomic E-state index is 12.8. The van der Waals surface area contributed by atoms with Gasteiger partial charge >= 0.3 is 0 Å². The number of ether oxygens (including phenoxy) is 3. The summed E-state index contributed by atoms with van der Waals surface area (Å²) in [7, 11) is 0.119. The minimum absolute atomic E-state index is 0.00966. The zero-order valence-corrected chi connectivity index (χ0v) is 27.8. The molecule has 0 amide bonds. The molecule has 1 aliphatic carbocycles. The molecular formula is C35H43N5O5S. The second-order valence-corrected chi connectivity index (χ2v) is 14.3. The van der Waals surface area contributed by atoms with Crippen LogP contribution in [0.2, 0.25) is 0 Å². The van der Waals surface area contributed by atoms with Gasteiger partial charge in [-0.3, -0.25) is 14.9 Å². The second-order valence-electron chi connectivity index (χ2n) is 12.7. The van der Waals surface area contributed by atoms with Crippen LogP contribution in [0.3, 0.4) is 0 Å². The van der Waals surface area contributed by atoms with Crippen LogP contribution in [0.15, 0.2) is 71.9 Å². The van der Waals surface area contributed by atoms with Crippen LogP contribution in [0.4, 0.5) is 0 Å². The first-order chi connectivity index (χ1) is 22.1. The lowest BCUT2D eigenvalue weighted by atomic mass is 9.79. The molecule has 0 spiro atoms. The first-order valence-corrected chi connectivity index (χ1v) is 17.4. The van der Waals surface area contributed by atoms with Gasteiger partial charge in [0.25, 0.3) is 0 Å². The molecule has 2 N–H and O–H groups in total. The van der Waals surface area contributed by atoms with E-state index in [1.54, 1.807) is 24.5 Å². The number of hydrogen-bond donors (Lipinski definition) is 1. The van der Waals surface area contributed by atoms with E-state index >= 15 is 0 Å². The zero-order valence-electron chi connectivity index (χ0n) is 27.0. The van der Waals surface area contributed by atoms with Crippen molar-refractivity contribution >= 4 is 21.1 Å². The average Bonchev–Trinajstić information content (AvgIpc) is 3.25. The number of benzene rings is 3. The molecule has 3 unspecified atom stereocenters. The van der Waals surface area contributed by atoms with Crippen LogP contribution in [0.25, 0.3) is 11.0 Å².